The molecule has 1 unspecified atom stereocenters. The summed E-state index contributed by atoms with van der Waals surface area (Å²) in [4.78, 5) is 25.9. The van der Waals surface area contributed by atoms with Crippen molar-refractivity contribution in [3.63, 3.8) is 0 Å². The van der Waals surface area contributed by atoms with Crippen molar-refractivity contribution in [3.05, 3.63) is 76.9 Å². The zero-order chi connectivity index (χ0) is 22.7. The van der Waals surface area contributed by atoms with Gasteiger partial charge >= 0.3 is 5.97 Å². The van der Waals surface area contributed by atoms with Crippen molar-refractivity contribution < 1.29 is 19.1 Å². The largest absolute Gasteiger partial charge is 0.478 e. The lowest BCUT2D eigenvalue weighted by Gasteiger charge is -2.37. The van der Waals surface area contributed by atoms with E-state index in [0.717, 1.165) is 43.2 Å². The highest BCUT2D eigenvalue weighted by Crippen LogP contribution is 2.37. The molecule has 0 aromatic heterocycles. The molecule has 4 heteroatoms. The van der Waals surface area contributed by atoms with E-state index >= 15 is 0 Å². The molecule has 1 heterocycles. The van der Waals surface area contributed by atoms with E-state index < -0.39 is 11.7 Å². The van der Waals surface area contributed by atoms with E-state index in [1.165, 1.54) is 12.0 Å². The Morgan fingerprint density at radius 3 is 2.53 bits per heavy atom. The summed E-state index contributed by atoms with van der Waals surface area (Å²) in [7, 11) is 0. The number of ether oxygens (including phenoxy) is 2. The summed E-state index contributed by atoms with van der Waals surface area (Å²) in [6.07, 6.45) is 6.18. The minimum Gasteiger partial charge on any atom is -0.478 e. The first-order valence-electron chi connectivity index (χ1n) is 11.7. The van der Waals surface area contributed by atoms with Crippen LogP contribution in [0.4, 0.5) is 0 Å². The Hall–Kier alpha value is -2.88. The number of benzene rings is 2. The molecule has 1 saturated carbocycles. The molecule has 2 aromatic rings. The topological polar surface area (TPSA) is 52.6 Å². The predicted molar refractivity (Wildman–Crippen MR) is 125 cm³/mol. The van der Waals surface area contributed by atoms with Crippen LogP contribution in [0.2, 0.25) is 0 Å². The maximum absolute atomic E-state index is 13.2. The lowest BCUT2D eigenvalue weighted by molar-refractivity contribution is -0.171. The first kappa shape index (κ1) is 22.3. The summed E-state index contributed by atoms with van der Waals surface area (Å²) in [5.41, 5.74) is 3.66. The summed E-state index contributed by atoms with van der Waals surface area (Å²) in [5.74, 6) is 0.328. The number of hydrogen-bond acceptors (Lipinski definition) is 4. The summed E-state index contributed by atoms with van der Waals surface area (Å²) >= 11 is 0. The van der Waals surface area contributed by atoms with E-state index in [2.05, 4.69) is 18.7 Å². The van der Waals surface area contributed by atoms with Crippen molar-refractivity contribution in [1.29, 1.82) is 0 Å². The first-order chi connectivity index (χ1) is 15.4. The smallest absolute Gasteiger partial charge is 0.348 e. The van der Waals surface area contributed by atoms with Gasteiger partial charge in [-0.2, -0.15) is 0 Å². The van der Waals surface area contributed by atoms with Gasteiger partial charge in [-0.25, -0.2) is 4.79 Å². The number of carbonyl (C=O) groups excluding carboxylic acids is 2. The minimum atomic E-state index is -0.668. The molecule has 1 fully saturated rings. The van der Waals surface area contributed by atoms with E-state index in [-0.39, 0.29) is 11.8 Å². The standard InChI is InChI=1S/C28H32O4/c1-4-19(2)26(29)23-16-22-17-25(31-24(22)15-20(23)3)27(30)32-28(13-9-6-10-14-28)18-21-11-7-5-8-12-21/h5,7-8,11-12,15-16,25H,2,4,6,9-10,13-14,17-18H2,1,3H3. The molecule has 168 valence electrons. The Kier molecular flexibility index (Phi) is 6.50. The summed E-state index contributed by atoms with van der Waals surface area (Å²) in [6.45, 7) is 7.70. The van der Waals surface area contributed by atoms with Crippen LogP contribution >= 0.6 is 0 Å². The van der Waals surface area contributed by atoms with Gasteiger partial charge in [0, 0.05) is 18.4 Å². The fraction of sp³-hybridized carbons (Fsp3) is 0.429. The van der Waals surface area contributed by atoms with Crippen molar-refractivity contribution in [2.24, 2.45) is 0 Å². The number of fused-ring (bicyclic) bond motifs is 1. The van der Waals surface area contributed by atoms with Crippen molar-refractivity contribution in [2.45, 2.75) is 76.9 Å². The van der Waals surface area contributed by atoms with Crippen LogP contribution < -0.4 is 4.74 Å². The Morgan fingerprint density at radius 2 is 1.84 bits per heavy atom. The van der Waals surface area contributed by atoms with Crippen LogP contribution in [0.3, 0.4) is 0 Å². The second-order valence-electron chi connectivity index (χ2n) is 9.20. The van der Waals surface area contributed by atoms with Gasteiger partial charge in [-0.15, -0.1) is 0 Å². The summed E-state index contributed by atoms with van der Waals surface area (Å²) in [5, 5.41) is 0. The monoisotopic (exact) mass is 432 g/mol. The SMILES string of the molecule is C=C(CC)C(=O)c1cc2c(cc1C)OC(C(=O)OC1(Cc3ccccc3)CCCCC1)C2. The number of ketones is 1. The van der Waals surface area contributed by atoms with E-state index in [9.17, 15) is 9.59 Å². The average Bonchev–Trinajstić information content (AvgIpc) is 3.21. The maximum Gasteiger partial charge on any atom is 0.348 e. The molecule has 32 heavy (non-hydrogen) atoms. The van der Waals surface area contributed by atoms with Gasteiger partial charge in [0.15, 0.2) is 11.9 Å². The Balaban J connectivity index is 1.50. The average molecular weight is 433 g/mol. The molecule has 4 rings (SSSR count). The predicted octanol–water partition coefficient (Wildman–Crippen LogP) is 5.94. The van der Waals surface area contributed by atoms with E-state index in [1.807, 2.05) is 44.2 Å². The fourth-order valence-corrected chi connectivity index (χ4v) is 4.88. The number of hydrogen-bond donors (Lipinski definition) is 0. The van der Waals surface area contributed by atoms with Gasteiger partial charge in [0.05, 0.1) is 0 Å². The third kappa shape index (κ3) is 4.64. The second-order valence-corrected chi connectivity index (χ2v) is 9.20. The molecule has 0 saturated heterocycles. The van der Waals surface area contributed by atoms with Gasteiger partial charge in [0.2, 0.25) is 0 Å². The number of allylic oxidation sites excluding steroid dienone is 1. The number of esters is 1. The van der Waals surface area contributed by atoms with Gasteiger partial charge in [-0.3, -0.25) is 4.79 Å². The third-order valence-corrected chi connectivity index (χ3v) is 6.79. The molecule has 1 aliphatic heterocycles. The second kappa shape index (κ2) is 9.32. The highest BCUT2D eigenvalue weighted by molar-refractivity contribution is 6.09. The summed E-state index contributed by atoms with van der Waals surface area (Å²) in [6, 6.07) is 14.0. The molecular weight excluding hydrogens is 400 g/mol. The number of rotatable bonds is 7. The van der Waals surface area contributed by atoms with Gasteiger partial charge in [0.1, 0.15) is 11.4 Å². The molecule has 2 aromatic carbocycles. The number of Topliss-reactive ketones (excluding diaryl/α,β-unsaturated/α-hetero) is 1. The van der Waals surface area contributed by atoms with Gasteiger partial charge in [-0.05, 0) is 73.4 Å². The molecule has 2 aliphatic rings. The van der Waals surface area contributed by atoms with Crippen LogP contribution in [0.1, 0.15) is 72.5 Å². The molecule has 0 radical (unpaired) electrons. The molecule has 0 N–H and O–H groups in total. The van der Waals surface area contributed by atoms with E-state index in [4.69, 9.17) is 9.47 Å². The normalized spacial score (nSPS) is 19.0. The van der Waals surface area contributed by atoms with Gasteiger partial charge in [-0.1, -0.05) is 50.3 Å². The molecular formula is C28H32O4. The zero-order valence-electron chi connectivity index (χ0n) is 19.1. The van der Waals surface area contributed by atoms with Crippen molar-refractivity contribution in [3.8, 4) is 5.75 Å². The van der Waals surface area contributed by atoms with Crippen LogP contribution in [-0.4, -0.2) is 23.5 Å². The van der Waals surface area contributed by atoms with Crippen LogP contribution in [0, 0.1) is 6.92 Å². The lowest BCUT2D eigenvalue weighted by atomic mass is 9.80. The van der Waals surface area contributed by atoms with Crippen LogP contribution in [0.5, 0.6) is 5.75 Å². The first-order valence-corrected chi connectivity index (χ1v) is 11.7. The van der Waals surface area contributed by atoms with Crippen LogP contribution in [0.25, 0.3) is 0 Å². The molecule has 1 atom stereocenters. The quantitative estimate of drug-likeness (QED) is 0.309. The van der Waals surface area contributed by atoms with Crippen molar-refractivity contribution in [1.82, 2.24) is 0 Å². The van der Waals surface area contributed by atoms with Crippen LogP contribution in [-0.2, 0) is 22.4 Å². The third-order valence-electron chi connectivity index (χ3n) is 6.79. The van der Waals surface area contributed by atoms with E-state index in [1.54, 1.807) is 0 Å². The minimum absolute atomic E-state index is 0.0390. The Morgan fingerprint density at radius 1 is 1.12 bits per heavy atom. The van der Waals surface area contributed by atoms with Gasteiger partial charge in [0.25, 0.3) is 0 Å². The molecule has 0 bridgehead atoms. The van der Waals surface area contributed by atoms with Crippen LogP contribution in [0.15, 0.2) is 54.6 Å². The van der Waals surface area contributed by atoms with Crippen molar-refractivity contribution in [2.75, 3.05) is 0 Å². The maximum atomic E-state index is 13.2. The van der Waals surface area contributed by atoms with Crippen molar-refractivity contribution >= 4 is 11.8 Å². The molecule has 1 aliphatic carbocycles. The van der Waals surface area contributed by atoms with Gasteiger partial charge < -0.3 is 9.47 Å². The number of aryl methyl sites for hydroxylation is 1. The summed E-state index contributed by atoms with van der Waals surface area (Å²) < 4.78 is 12.2. The fourth-order valence-electron chi connectivity index (χ4n) is 4.88. The Labute approximate surface area is 190 Å². The highest BCUT2D eigenvalue weighted by Gasteiger charge is 2.40. The van der Waals surface area contributed by atoms with E-state index in [0.29, 0.717) is 29.7 Å². The lowest BCUT2D eigenvalue weighted by Crippen LogP contribution is -2.43. The highest BCUT2D eigenvalue weighted by atomic mass is 16.6. The number of carbonyl (C=O) groups is 2. The molecule has 4 nitrogen and oxygen atoms in total. The zero-order valence-corrected chi connectivity index (χ0v) is 19.1. The Bertz CT molecular complexity index is 1020. The molecule has 0 spiro atoms. The molecule has 0 amide bonds.